The Hall–Kier alpha value is -2.39. The molecule has 4 heterocycles. The van der Waals surface area contributed by atoms with Crippen molar-refractivity contribution >= 4 is 23.2 Å². The Labute approximate surface area is 167 Å². The number of aromatic nitrogens is 2. The highest BCUT2D eigenvalue weighted by molar-refractivity contribution is 7.12. The Morgan fingerprint density at radius 2 is 2.18 bits per heavy atom. The van der Waals surface area contributed by atoms with Gasteiger partial charge in [0.25, 0.3) is 11.8 Å². The molecule has 0 bridgehead atoms. The number of morpholine rings is 1. The zero-order valence-electron chi connectivity index (χ0n) is 15.8. The summed E-state index contributed by atoms with van der Waals surface area (Å²) in [5.74, 6) is 0.783. The molecule has 0 saturated carbocycles. The van der Waals surface area contributed by atoms with Gasteiger partial charge in [0.1, 0.15) is 10.6 Å². The molecule has 1 fully saturated rings. The van der Waals surface area contributed by atoms with Gasteiger partial charge in [-0.1, -0.05) is 0 Å². The van der Waals surface area contributed by atoms with Crippen LogP contribution in [0.2, 0.25) is 0 Å². The highest BCUT2D eigenvalue weighted by Crippen LogP contribution is 2.26. The molecule has 8 nitrogen and oxygen atoms in total. The molecule has 9 heteroatoms. The van der Waals surface area contributed by atoms with Crippen molar-refractivity contribution in [2.75, 3.05) is 40.0 Å². The second-order valence-electron chi connectivity index (χ2n) is 7.02. The number of hydrogen-bond donors (Lipinski definition) is 1. The molecule has 0 aliphatic carbocycles. The fourth-order valence-electron chi connectivity index (χ4n) is 3.73. The van der Waals surface area contributed by atoms with Crippen LogP contribution in [0.15, 0.2) is 17.6 Å². The molecule has 28 heavy (non-hydrogen) atoms. The number of amides is 2. The van der Waals surface area contributed by atoms with E-state index < -0.39 is 0 Å². The van der Waals surface area contributed by atoms with Crippen LogP contribution in [-0.4, -0.2) is 66.5 Å². The minimum Gasteiger partial charge on any atom is -0.495 e. The zero-order chi connectivity index (χ0) is 19.5. The highest BCUT2D eigenvalue weighted by atomic mass is 32.1. The zero-order valence-corrected chi connectivity index (χ0v) is 16.7. The first-order valence-corrected chi connectivity index (χ1v) is 10.4. The molecule has 2 aliphatic heterocycles. The first kappa shape index (κ1) is 18.9. The highest BCUT2D eigenvalue weighted by Gasteiger charge is 2.28. The minimum atomic E-state index is -0.115. The third-order valence-corrected chi connectivity index (χ3v) is 6.21. The number of rotatable bonds is 5. The fraction of sp³-hybridized carbons (Fsp3) is 0.526. The Balaban J connectivity index is 1.39. The number of hydrogen-bond acceptors (Lipinski definition) is 6. The first-order chi connectivity index (χ1) is 13.7. The molecule has 1 N–H and O–H groups in total. The third kappa shape index (κ3) is 3.77. The van der Waals surface area contributed by atoms with Crippen LogP contribution >= 0.6 is 11.3 Å². The van der Waals surface area contributed by atoms with Gasteiger partial charge >= 0.3 is 0 Å². The number of carbonyl (C=O) groups excluding carboxylic acids is 2. The average Bonchev–Trinajstić information content (AvgIpc) is 3.38. The summed E-state index contributed by atoms with van der Waals surface area (Å²) in [7, 11) is 1.56. The monoisotopic (exact) mass is 404 g/mol. The van der Waals surface area contributed by atoms with Gasteiger partial charge in [-0.05, 0) is 30.2 Å². The van der Waals surface area contributed by atoms with Crippen molar-refractivity contribution in [3.05, 3.63) is 33.8 Å². The van der Waals surface area contributed by atoms with Crippen LogP contribution in [0, 0.1) is 5.92 Å². The Morgan fingerprint density at radius 3 is 2.96 bits per heavy atom. The van der Waals surface area contributed by atoms with Crippen molar-refractivity contribution in [2.24, 2.45) is 5.92 Å². The van der Waals surface area contributed by atoms with Crippen molar-refractivity contribution in [1.82, 2.24) is 20.0 Å². The van der Waals surface area contributed by atoms with Crippen molar-refractivity contribution in [3.8, 4) is 5.75 Å². The molecule has 2 aromatic rings. The summed E-state index contributed by atoms with van der Waals surface area (Å²) in [6.45, 7) is 3.72. The summed E-state index contributed by atoms with van der Waals surface area (Å²) in [5.41, 5.74) is 1.65. The molecule has 2 aliphatic rings. The predicted molar refractivity (Wildman–Crippen MR) is 104 cm³/mol. The molecular formula is C19H24N4O4S. The second-order valence-corrected chi connectivity index (χ2v) is 7.94. The van der Waals surface area contributed by atoms with Gasteiger partial charge in [0.15, 0.2) is 0 Å². The molecule has 2 amide bonds. The van der Waals surface area contributed by atoms with E-state index in [0.717, 1.165) is 25.1 Å². The standard InChI is InChI=1S/C19H24N4O4S/c1-26-16-3-9-28-17(16)18(24)20-11-13-2-4-23-15(10-13)14(12-21-23)19(25)22-5-7-27-8-6-22/h3,9,12-13H,2,4-8,10-11H2,1H3,(H,20,24)/t13-/m0/s1. The molecular weight excluding hydrogens is 380 g/mol. The largest absolute Gasteiger partial charge is 0.495 e. The molecule has 1 saturated heterocycles. The van der Waals surface area contributed by atoms with E-state index in [1.54, 1.807) is 19.4 Å². The van der Waals surface area contributed by atoms with Gasteiger partial charge in [-0.2, -0.15) is 5.10 Å². The summed E-state index contributed by atoms with van der Waals surface area (Å²) in [5, 5.41) is 9.26. The molecule has 2 aromatic heterocycles. The van der Waals surface area contributed by atoms with Crippen molar-refractivity contribution in [2.45, 2.75) is 19.4 Å². The Kier molecular flexibility index (Phi) is 5.63. The van der Waals surface area contributed by atoms with Crippen molar-refractivity contribution < 1.29 is 19.1 Å². The van der Waals surface area contributed by atoms with Crippen LogP contribution in [0.25, 0.3) is 0 Å². The van der Waals surface area contributed by atoms with Gasteiger partial charge in [0, 0.05) is 26.2 Å². The summed E-state index contributed by atoms with van der Waals surface area (Å²) in [4.78, 5) is 27.7. The van der Waals surface area contributed by atoms with Crippen LogP contribution in [0.1, 0.15) is 32.1 Å². The lowest BCUT2D eigenvalue weighted by Crippen LogP contribution is -2.41. The number of carbonyl (C=O) groups is 2. The van der Waals surface area contributed by atoms with Crippen molar-refractivity contribution in [1.29, 1.82) is 0 Å². The lowest BCUT2D eigenvalue weighted by molar-refractivity contribution is 0.0301. The molecule has 0 aromatic carbocycles. The van der Waals surface area contributed by atoms with E-state index in [9.17, 15) is 9.59 Å². The molecule has 1 atom stereocenters. The molecule has 0 radical (unpaired) electrons. The number of ether oxygens (including phenoxy) is 2. The lowest BCUT2D eigenvalue weighted by atomic mass is 9.94. The summed E-state index contributed by atoms with van der Waals surface area (Å²) in [6, 6.07) is 1.79. The number of aryl methyl sites for hydroxylation is 1. The normalized spacial score (nSPS) is 19.2. The summed E-state index contributed by atoms with van der Waals surface area (Å²) < 4.78 is 12.5. The van der Waals surface area contributed by atoms with Gasteiger partial charge in [-0.3, -0.25) is 14.3 Å². The van der Waals surface area contributed by atoms with Crippen LogP contribution in [-0.2, 0) is 17.7 Å². The minimum absolute atomic E-state index is 0.0255. The van der Waals surface area contributed by atoms with Crippen LogP contribution in [0.4, 0.5) is 0 Å². The maximum Gasteiger partial charge on any atom is 0.265 e. The van der Waals surface area contributed by atoms with E-state index in [0.29, 0.717) is 49.0 Å². The maximum absolute atomic E-state index is 12.9. The van der Waals surface area contributed by atoms with Crippen LogP contribution in [0.3, 0.4) is 0 Å². The smallest absolute Gasteiger partial charge is 0.265 e. The van der Waals surface area contributed by atoms with Crippen LogP contribution in [0.5, 0.6) is 5.75 Å². The van der Waals surface area contributed by atoms with Gasteiger partial charge in [0.2, 0.25) is 0 Å². The lowest BCUT2D eigenvalue weighted by Gasteiger charge is -2.28. The second kappa shape index (κ2) is 8.32. The average molecular weight is 404 g/mol. The van der Waals surface area contributed by atoms with Gasteiger partial charge in [0.05, 0.1) is 37.8 Å². The van der Waals surface area contributed by atoms with E-state index in [4.69, 9.17) is 9.47 Å². The summed E-state index contributed by atoms with van der Waals surface area (Å²) in [6.07, 6.45) is 3.33. The van der Waals surface area contributed by atoms with E-state index in [1.165, 1.54) is 11.3 Å². The van der Waals surface area contributed by atoms with Crippen molar-refractivity contribution in [3.63, 3.8) is 0 Å². The third-order valence-electron chi connectivity index (χ3n) is 5.32. The number of thiophene rings is 1. The van der Waals surface area contributed by atoms with E-state index >= 15 is 0 Å². The molecule has 4 rings (SSSR count). The van der Waals surface area contributed by atoms with E-state index in [1.807, 2.05) is 15.0 Å². The predicted octanol–water partition coefficient (Wildman–Crippen LogP) is 1.42. The summed E-state index contributed by atoms with van der Waals surface area (Å²) >= 11 is 1.37. The molecule has 150 valence electrons. The molecule has 0 spiro atoms. The fourth-order valence-corrected chi connectivity index (χ4v) is 4.50. The SMILES string of the molecule is COc1ccsc1C(=O)NC[C@H]1CCn2ncc(C(=O)N3CCOCC3)c2C1. The number of methoxy groups -OCH3 is 1. The Morgan fingerprint density at radius 1 is 1.36 bits per heavy atom. The van der Waals surface area contributed by atoms with Gasteiger partial charge in [-0.25, -0.2) is 0 Å². The molecule has 0 unspecified atom stereocenters. The van der Waals surface area contributed by atoms with Gasteiger partial charge in [-0.15, -0.1) is 11.3 Å². The quantitative estimate of drug-likeness (QED) is 0.815. The first-order valence-electron chi connectivity index (χ1n) is 9.48. The number of nitrogens with zero attached hydrogens (tertiary/aromatic N) is 3. The van der Waals surface area contributed by atoms with E-state index in [-0.39, 0.29) is 17.7 Å². The number of fused-ring (bicyclic) bond motifs is 1. The van der Waals surface area contributed by atoms with E-state index in [2.05, 4.69) is 10.4 Å². The van der Waals surface area contributed by atoms with Crippen LogP contribution < -0.4 is 10.1 Å². The number of nitrogens with one attached hydrogen (secondary N) is 1. The Bertz CT molecular complexity index is 856. The van der Waals surface area contributed by atoms with Gasteiger partial charge < -0.3 is 19.7 Å². The topological polar surface area (TPSA) is 85.7 Å². The maximum atomic E-state index is 12.9.